The fourth-order valence-corrected chi connectivity index (χ4v) is 3.12. The molecule has 1 unspecified atom stereocenters. The van der Waals surface area contributed by atoms with E-state index in [2.05, 4.69) is 5.32 Å². The first-order chi connectivity index (χ1) is 9.08. The second-order valence-corrected chi connectivity index (χ2v) is 5.60. The van der Waals surface area contributed by atoms with Gasteiger partial charge in [-0.25, -0.2) is 4.79 Å². The van der Waals surface area contributed by atoms with Crippen LogP contribution in [0, 0.1) is 0 Å². The zero-order valence-electron chi connectivity index (χ0n) is 10.2. The van der Waals surface area contributed by atoms with Crippen LogP contribution in [0.15, 0.2) is 29.2 Å². The van der Waals surface area contributed by atoms with Crippen molar-refractivity contribution in [2.45, 2.75) is 29.1 Å². The third-order valence-electron chi connectivity index (χ3n) is 2.94. The number of carboxylic acids is 1. The van der Waals surface area contributed by atoms with E-state index in [1.54, 1.807) is 0 Å². The van der Waals surface area contributed by atoms with Crippen molar-refractivity contribution >= 4 is 23.6 Å². The normalized spacial score (nSPS) is 18.7. The number of thioether (sulfide) groups is 1. The number of hydrogen-bond acceptors (Lipinski definition) is 4. The maximum absolute atomic E-state index is 11.9. The van der Waals surface area contributed by atoms with Crippen LogP contribution in [0.4, 0.5) is 0 Å². The van der Waals surface area contributed by atoms with Crippen molar-refractivity contribution in [3.8, 4) is 0 Å². The van der Waals surface area contributed by atoms with Crippen LogP contribution in [0.2, 0.25) is 0 Å². The van der Waals surface area contributed by atoms with Crippen molar-refractivity contribution in [2.24, 2.45) is 0 Å². The summed E-state index contributed by atoms with van der Waals surface area (Å²) in [4.78, 5) is 23.4. The molecule has 19 heavy (non-hydrogen) atoms. The van der Waals surface area contributed by atoms with E-state index in [1.165, 1.54) is 17.3 Å². The molecular weight excluding hydrogens is 266 g/mol. The fraction of sp³-hybridized carbons (Fsp3) is 0.385. The smallest absolute Gasteiger partial charge is 0.332 e. The monoisotopic (exact) mass is 281 g/mol. The van der Waals surface area contributed by atoms with Crippen LogP contribution >= 0.6 is 11.8 Å². The first-order valence-electron chi connectivity index (χ1n) is 6.01. The molecule has 0 fully saturated rings. The van der Waals surface area contributed by atoms with Gasteiger partial charge >= 0.3 is 5.97 Å². The zero-order chi connectivity index (χ0) is 13.8. The molecule has 0 radical (unpaired) electrons. The minimum absolute atomic E-state index is 0.0193. The number of rotatable bonds is 5. The summed E-state index contributed by atoms with van der Waals surface area (Å²) in [6, 6.07) is 7.88. The highest BCUT2D eigenvalue weighted by Crippen LogP contribution is 2.36. The predicted octanol–water partition coefficient (Wildman–Crippen LogP) is 0.655. The molecule has 1 aliphatic heterocycles. The van der Waals surface area contributed by atoms with Crippen molar-refractivity contribution in [3.63, 3.8) is 0 Å². The summed E-state index contributed by atoms with van der Waals surface area (Å²) in [5.74, 6) is -1.38. The Bertz CT molecular complexity index is 466. The Morgan fingerprint density at radius 3 is 2.84 bits per heavy atom. The molecule has 1 aliphatic rings. The van der Waals surface area contributed by atoms with E-state index in [0.29, 0.717) is 6.42 Å². The predicted molar refractivity (Wildman–Crippen MR) is 71.1 cm³/mol. The van der Waals surface area contributed by atoms with Gasteiger partial charge in [-0.2, -0.15) is 0 Å². The Labute approximate surface area is 115 Å². The van der Waals surface area contributed by atoms with Gasteiger partial charge in [0.05, 0.1) is 5.25 Å². The Morgan fingerprint density at radius 1 is 1.42 bits per heavy atom. The number of amides is 1. The van der Waals surface area contributed by atoms with E-state index in [4.69, 9.17) is 10.2 Å². The summed E-state index contributed by atoms with van der Waals surface area (Å²) in [5, 5.41) is 20.1. The highest BCUT2D eigenvalue weighted by molar-refractivity contribution is 8.01. The average Bonchev–Trinajstić information content (AvgIpc) is 2.82. The number of hydrogen-bond donors (Lipinski definition) is 3. The van der Waals surface area contributed by atoms with Crippen molar-refractivity contribution < 1.29 is 19.8 Å². The number of aliphatic hydroxyl groups excluding tert-OH is 1. The number of carbonyl (C=O) groups is 2. The summed E-state index contributed by atoms with van der Waals surface area (Å²) in [6.45, 7) is 0.166. The molecule has 2 atom stereocenters. The maximum Gasteiger partial charge on any atom is 0.332 e. The Hall–Kier alpha value is -1.53. The Balaban J connectivity index is 1.79. The molecule has 6 heteroatoms. The number of carbonyl (C=O) groups excluding carboxylic acids is 1. The van der Waals surface area contributed by atoms with E-state index in [9.17, 15) is 9.59 Å². The SMILES string of the molecule is O=C(NCC[C@H](O)C(=O)O)C1Cc2ccccc2S1. The quantitative estimate of drug-likeness (QED) is 0.738. The molecule has 5 nitrogen and oxygen atoms in total. The van der Waals surface area contributed by atoms with Gasteiger partial charge in [0.1, 0.15) is 0 Å². The third-order valence-corrected chi connectivity index (χ3v) is 4.26. The molecule has 102 valence electrons. The van der Waals surface area contributed by atoms with Gasteiger partial charge in [0.25, 0.3) is 0 Å². The highest BCUT2D eigenvalue weighted by atomic mass is 32.2. The lowest BCUT2D eigenvalue weighted by Crippen LogP contribution is -2.35. The summed E-state index contributed by atoms with van der Waals surface area (Å²) in [6.07, 6.45) is -0.715. The number of aliphatic carboxylic acids is 1. The van der Waals surface area contributed by atoms with Crippen molar-refractivity contribution in [3.05, 3.63) is 29.8 Å². The molecule has 0 saturated carbocycles. The van der Waals surface area contributed by atoms with Gasteiger partial charge in [0.15, 0.2) is 6.10 Å². The Morgan fingerprint density at radius 2 is 2.16 bits per heavy atom. The molecular formula is C13H15NO4S. The van der Waals surface area contributed by atoms with Crippen molar-refractivity contribution in [1.29, 1.82) is 0 Å². The number of carboxylic acid groups (broad SMARTS) is 1. The largest absolute Gasteiger partial charge is 0.479 e. The van der Waals surface area contributed by atoms with E-state index in [0.717, 1.165) is 4.90 Å². The molecule has 0 spiro atoms. The van der Waals surface area contributed by atoms with Crippen molar-refractivity contribution in [2.75, 3.05) is 6.54 Å². The number of nitrogens with one attached hydrogen (secondary N) is 1. The number of aliphatic hydroxyl groups is 1. The van der Waals surface area contributed by atoms with Crippen LogP contribution in [0.1, 0.15) is 12.0 Å². The molecule has 1 heterocycles. The average molecular weight is 281 g/mol. The van der Waals surface area contributed by atoms with Gasteiger partial charge in [0.2, 0.25) is 5.91 Å². The fourth-order valence-electron chi connectivity index (χ4n) is 1.90. The van der Waals surface area contributed by atoms with Crippen LogP contribution in [0.25, 0.3) is 0 Å². The molecule has 1 aromatic carbocycles. The van der Waals surface area contributed by atoms with Crippen LogP contribution in [-0.4, -0.2) is 40.0 Å². The van der Waals surface area contributed by atoms with Gasteiger partial charge in [-0.05, 0) is 18.1 Å². The van der Waals surface area contributed by atoms with Gasteiger partial charge in [-0.1, -0.05) is 18.2 Å². The molecule has 2 rings (SSSR count). The van der Waals surface area contributed by atoms with E-state index in [1.807, 2.05) is 24.3 Å². The van der Waals surface area contributed by atoms with Gasteiger partial charge in [-0.3, -0.25) is 4.79 Å². The number of fused-ring (bicyclic) bond motifs is 1. The molecule has 1 amide bonds. The highest BCUT2D eigenvalue weighted by Gasteiger charge is 2.27. The minimum Gasteiger partial charge on any atom is -0.479 e. The van der Waals surface area contributed by atoms with Crippen LogP contribution < -0.4 is 5.32 Å². The Kier molecular flexibility index (Phi) is 4.44. The van der Waals surface area contributed by atoms with Crippen molar-refractivity contribution in [1.82, 2.24) is 5.32 Å². The summed E-state index contributed by atoms with van der Waals surface area (Å²) < 4.78 is 0. The van der Waals surface area contributed by atoms with Crippen LogP contribution in [0.5, 0.6) is 0 Å². The lowest BCUT2D eigenvalue weighted by Gasteiger charge is -2.10. The second kappa shape index (κ2) is 6.08. The van der Waals surface area contributed by atoms with Gasteiger partial charge in [-0.15, -0.1) is 11.8 Å². The summed E-state index contributed by atoms with van der Waals surface area (Å²) >= 11 is 1.52. The first-order valence-corrected chi connectivity index (χ1v) is 6.89. The summed E-state index contributed by atoms with van der Waals surface area (Å²) in [7, 11) is 0. The van der Waals surface area contributed by atoms with Crippen LogP contribution in [0.3, 0.4) is 0 Å². The molecule has 0 aromatic heterocycles. The van der Waals surface area contributed by atoms with Gasteiger partial charge in [0, 0.05) is 17.9 Å². The number of benzene rings is 1. The topological polar surface area (TPSA) is 86.6 Å². The first kappa shape index (κ1) is 13.9. The maximum atomic E-state index is 11.9. The molecule has 0 aliphatic carbocycles. The second-order valence-electron chi connectivity index (χ2n) is 4.35. The molecule has 0 saturated heterocycles. The third kappa shape index (κ3) is 3.48. The lowest BCUT2D eigenvalue weighted by molar-refractivity contribution is -0.147. The van der Waals surface area contributed by atoms with Gasteiger partial charge < -0.3 is 15.5 Å². The minimum atomic E-state index is -1.42. The molecule has 1 aromatic rings. The zero-order valence-corrected chi connectivity index (χ0v) is 11.0. The lowest BCUT2D eigenvalue weighted by atomic mass is 10.1. The van der Waals surface area contributed by atoms with Crippen LogP contribution in [-0.2, 0) is 16.0 Å². The van der Waals surface area contributed by atoms with E-state index in [-0.39, 0.29) is 24.1 Å². The molecule has 0 bridgehead atoms. The van der Waals surface area contributed by atoms with E-state index >= 15 is 0 Å². The standard InChI is InChI=1S/C13H15NO4S/c15-9(13(17)18)5-6-14-12(16)11-7-8-3-1-2-4-10(8)19-11/h1-4,9,11,15H,5-7H2,(H,14,16)(H,17,18)/t9-,11?/m0/s1. The summed E-state index contributed by atoms with van der Waals surface area (Å²) in [5.41, 5.74) is 1.17. The van der Waals surface area contributed by atoms with E-state index < -0.39 is 12.1 Å². The molecule has 3 N–H and O–H groups in total.